The maximum Gasteiger partial charge on any atom is 0.263 e. The Morgan fingerprint density at radius 2 is 1.81 bits per heavy atom. The van der Waals surface area contributed by atoms with Crippen molar-refractivity contribution >= 4 is 61.7 Å². The number of aromatic nitrogens is 4. The van der Waals surface area contributed by atoms with E-state index in [0.29, 0.717) is 28.3 Å². The minimum Gasteiger partial charge on any atom is -0.325 e. The highest BCUT2D eigenvalue weighted by atomic mass is 35.5. The van der Waals surface area contributed by atoms with E-state index in [2.05, 4.69) is 25.2 Å². The molecule has 0 radical (unpaired) electrons. The fourth-order valence-electron chi connectivity index (χ4n) is 3.38. The molecule has 1 amide bonds. The standard InChI is InChI=1S/C24H23ClN6O4S2/c1-2-3-14-31-23(33)18-6-4-5-7-19(18)27-24(31)36-15-22(32)26-16-8-10-17(11-9-16)37(34,35)30-21-13-12-20(25)28-29-21/h4-13H,2-3,14-15H2,1H3,(H,26,32)(H,29,30). The number of fused-ring (bicyclic) bond motifs is 1. The summed E-state index contributed by atoms with van der Waals surface area (Å²) in [5, 5.41) is 11.2. The number of amides is 1. The Bertz CT molecular complexity index is 1580. The Hall–Kier alpha value is -3.48. The Balaban J connectivity index is 1.42. The normalized spacial score (nSPS) is 11.4. The van der Waals surface area contributed by atoms with Crippen LogP contribution in [0.4, 0.5) is 11.5 Å². The largest absolute Gasteiger partial charge is 0.325 e. The summed E-state index contributed by atoms with van der Waals surface area (Å²) in [5.74, 6) is -0.272. The van der Waals surface area contributed by atoms with Crippen molar-refractivity contribution in [2.24, 2.45) is 0 Å². The van der Waals surface area contributed by atoms with E-state index < -0.39 is 10.0 Å². The third-order valence-electron chi connectivity index (χ3n) is 5.21. The van der Waals surface area contributed by atoms with Crippen molar-refractivity contribution in [3.05, 3.63) is 76.2 Å². The first-order chi connectivity index (χ1) is 17.8. The van der Waals surface area contributed by atoms with E-state index in [-0.39, 0.29) is 33.1 Å². The zero-order chi connectivity index (χ0) is 26.4. The van der Waals surface area contributed by atoms with Crippen LogP contribution in [0.2, 0.25) is 5.15 Å². The number of benzene rings is 2. The van der Waals surface area contributed by atoms with Gasteiger partial charge >= 0.3 is 0 Å². The minimum absolute atomic E-state index is 0.0167. The van der Waals surface area contributed by atoms with E-state index in [1.54, 1.807) is 22.8 Å². The topological polar surface area (TPSA) is 136 Å². The van der Waals surface area contributed by atoms with Crippen LogP contribution in [0.15, 0.2) is 75.5 Å². The number of hydrogen-bond acceptors (Lipinski definition) is 8. The summed E-state index contributed by atoms with van der Waals surface area (Å²) < 4.78 is 29.1. The molecule has 0 bridgehead atoms. The van der Waals surface area contributed by atoms with Crippen molar-refractivity contribution in [3.8, 4) is 0 Å². The van der Waals surface area contributed by atoms with E-state index >= 15 is 0 Å². The third kappa shape index (κ3) is 6.64. The second-order valence-electron chi connectivity index (χ2n) is 7.93. The first-order valence-corrected chi connectivity index (χ1v) is 14.2. The highest BCUT2D eigenvalue weighted by molar-refractivity contribution is 7.99. The first-order valence-electron chi connectivity index (χ1n) is 11.3. The molecule has 0 aliphatic heterocycles. The molecule has 192 valence electrons. The van der Waals surface area contributed by atoms with Crippen LogP contribution in [-0.4, -0.2) is 39.8 Å². The molecule has 13 heteroatoms. The van der Waals surface area contributed by atoms with Gasteiger partial charge in [0.15, 0.2) is 16.1 Å². The number of anilines is 2. The van der Waals surface area contributed by atoms with E-state index in [1.807, 2.05) is 13.0 Å². The van der Waals surface area contributed by atoms with E-state index in [9.17, 15) is 18.0 Å². The molecule has 0 saturated heterocycles. The van der Waals surface area contributed by atoms with Crippen LogP contribution < -0.4 is 15.6 Å². The van der Waals surface area contributed by atoms with Gasteiger partial charge in [0, 0.05) is 12.2 Å². The number of carbonyl (C=O) groups excluding carboxylic acids is 1. The Morgan fingerprint density at radius 1 is 1.05 bits per heavy atom. The minimum atomic E-state index is -3.91. The molecule has 2 aromatic carbocycles. The number of halogens is 1. The summed E-state index contributed by atoms with van der Waals surface area (Å²) in [6, 6.07) is 15.6. The molecule has 0 spiro atoms. The van der Waals surface area contributed by atoms with Gasteiger partial charge in [-0.2, -0.15) is 0 Å². The fraction of sp³-hybridized carbons (Fsp3) is 0.208. The van der Waals surface area contributed by atoms with Crippen molar-refractivity contribution in [2.75, 3.05) is 15.8 Å². The van der Waals surface area contributed by atoms with Crippen LogP contribution in [0, 0.1) is 0 Å². The van der Waals surface area contributed by atoms with Gasteiger partial charge in [0.25, 0.3) is 15.6 Å². The predicted octanol–water partition coefficient (Wildman–Crippen LogP) is 4.17. The maximum absolute atomic E-state index is 13.0. The molecule has 4 aromatic rings. The van der Waals surface area contributed by atoms with Gasteiger partial charge in [-0.25, -0.2) is 13.4 Å². The van der Waals surface area contributed by atoms with Crippen LogP contribution in [0.25, 0.3) is 10.9 Å². The van der Waals surface area contributed by atoms with Gasteiger partial charge in [0.1, 0.15) is 0 Å². The highest BCUT2D eigenvalue weighted by Gasteiger charge is 2.16. The number of rotatable bonds is 10. The van der Waals surface area contributed by atoms with E-state index in [1.165, 1.54) is 48.2 Å². The molecule has 2 heterocycles. The van der Waals surface area contributed by atoms with Crippen molar-refractivity contribution < 1.29 is 13.2 Å². The number of hydrogen-bond donors (Lipinski definition) is 2. The van der Waals surface area contributed by atoms with Gasteiger partial charge in [-0.05, 0) is 55.0 Å². The Kier molecular flexibility index (Phi) is 8.41. The number of thioether (sulfide) groups is 1. The third-order valence-corrected chi connectivity index (χ3v) is 7.76. The number of para-hydroxylation sites is 1. The van der Waals surface area contributed by atoms with Gasteiger partial charge in [-0.1, -0.05) is 48.8 Å². The average Bonchev–Trinajstić information content (AvgIpc) is 2.89. The summed E-state index contributed by atoms with van der Waals surface area (Å²) in [6.07, 6.45) is 1.73. The summed E-state index contributed by atoms with van der Waals surface area (Å²) in [7, 11) is -3.91. The molecule has 0 saturated carbocycles. The van der Waals surface area contributed by atoms with Crippen LogP contribution in [0.1, 0.15) is 19.8 Å². The molecule has 0 aliphatic carbocycles. The number of nitrogens with one attached hydrogen (secondary N) is 2. The summed E-state index contributed by atoms with van der Waals surface area (Å²) in [5.41, 5.74) is 0.876. The molecule has 0 unspecified atom stereocenters. The zero-order valence-corrected chi connectivity index (χ0v) is 22.1. The van der Waals surface area contributed by atoms with Crippen molar-refractivity contribution in [3.63, 3.8) is 0 Å². The maximum atomic E-state index is 13.0. The van der Waals surface area contributed by atoms with E-state index in [4.69, 9.17) is 11.6 Å². The number of nitrogens with zero attached hydrogens (tertiary/aromatic N) is 4. The second kappa shape index (κ2) is 11.7. The SMILES string of the molecule is CCCCn1c(SCC(=O)Nc2ccc(S(=O)(=O)Nc3ccc(Cl)nn3)cc2)nc2ccccc2c1=O. The monoisotopic (exact) mass is 558 g/mol. The predicted molar refractivity (Wildman–Crippen MR) is 145 cm³/mol. The van der Waals surface area contributed by atoms with Crippen LogP contribution in [0.5, 0.6) is 0 Å². The van der Waals surface area contributed by atoms with Crippen LogP contribution >= 0.6 is 23.4 Å². The lowest BCUT2D eigenvalue weighted by Gasteiger charge is -2.13. The fourth-order valence-corrected chi connectivity index (χ4v) is 5.31. The molecule has 2 aromatic heterocycles. The molecular formula is C24H23ClN6O4S2. The molecule has 0 aliphatic rings. The number of unbranched alkanes of at least 4 members (excludes halogenated alkanes) is 1. The Morgan fingerprint density at radius 3 is 2.51 bits per heavy atom. The molecule has 2 N–H and O–H groups in total. The molecule has 0 fully saturated rings. The molecule has 0 atom stereocenters. The lowest BCUT2D eigenvalue weighted by Crippen LogP contribution is -2.24. The average molecular weight is 559 g/mol. The number of sulfonamides is 1. The summed E-state index contributed by atoms with van der Waals surface area (Å²) in [4.78, 5) is 30.2. The van der Waals surface area contributed by atoms with Crippen LogP contribution in [-0.2, 0) is 21.4 Å². The van der Waals surface area contributed by atoms with Gasteiger partial charge in [-0.3, -0.25) is 18.9 Å². The summed E-state index contributed by atoms with van der Waals surface area (Å²) >= 11 is 6.84. The molecular weight excluding hydrogens is 536 g/mol. The second-order valence-corrected chi connectivity index (χ2v) is 10.9. The summed E-state index contributed by atoms with van der Waals surface area (Å²) in [6.45, 7) is 2.56. The highest BCUT2D eigenvalue weighted by Crippen LogP contribution is 2.20. The first kappa shape index (κ1) is 26.6. The molecule has 10 nitrogen and oxygen atoms in total. The van der Waals surface area contributed by atoms with Gasteiger partial charge in [-0.15, -0.1) is 10.2 Å². The quantitative estimate of drug-likeness (QED) is 0.219. The van der Waals surface area contributed by atoms with Crippen LogP contribution in [0.3, 0.4) is 0 Å². The molecule has 37 heavy (non-hydrogen) atoms. The lowest BCUT2D eigenvalue weighted by atomic mass is 10.2. The Labute approximate surface area is 222 Å². The van der Waals surface area contributed by atoms with Gasteiger partial charge in [0.05, 0.1) is 21.6 Å². The van der Waals surface area contributed by atoms with Gasteiger partial charge < -0.3 is 5.32 Å². The zero-order valence-electron chi connectivity index (χ0n) is 19.7. The lowest BCUT2D eigenvalue weighted by molar-refractivity contribution is -0.113. The van der Waals surface area contributed by atoms with Crippen molar-refractivity contribution in [2.45, 2.75) is 36.4 Å². The van der Waals surface area contributed by atoms with Crippen molar-refractivity contribution in [1.82, 2.24) is 19.7 Å². The van der Waals surface area contributed by atoms with E-state index in [0.717, 1.165) is 12.8 Å². The smallest absolute Gasteiger partial charge is 0.263 e. The van der Waals surface area contributed by atoms with Crippen molar-refractivity contribution in [1.29, 1.82) is 0 Å². The van der Waals surface area contributed by atoms with Gasteiger partial charge in [0.2, 0.25) is 5.91 Å². The molecule has 4 rings (SSSR count). The number of carbonyl (C=O) groups is 1.